The van der Waals surface area contributed by atoms with Crippen LogP contribution >= 0.6 is 0 Å². The van der Waals surface area contributed by atoms with E-state index >= 15 is 0 Å². The van der Waals surface area contributed by atoms with Gasteiger partial charge in [0, 0.05) is 28.0 Å². The zero-order valence-electron chi connectivity index (χ0n) is 25.7. The topological polar surface area (TPSA) is 76.7 Å². The monoisotopic (exact) mass is 526 g/mol. The van der Waals surface area contributed by atoms with Crippen LogP contribution < -0.4 is 10.6 Å². The molecular formula is C32H50N2O4. The molecule has 0 spiro atoms. The second kappa shape index (κ2) is 13.2. The smallest absolute Gasteiger partial charge is 0.311 e. The zero-order chi connectivity index (χ0) is 29.4. The van der Waals surface area contributed by atoms with E-state index in [9.17, 15) is 9.59 Å². The first-order valence-electron chi connectivity index (χ1n) is 13.2. The lowest BCUT2D eigenvalue weighted by molar-refractivity contribution is -0.155. The van der Waals surface area contributed by atoms with Gasteiger partial charge in [-0.15, -0.1) is 0 Å². The van der Waals surface area contributed by atoms with Crippen LogP contribution in [0.1, 0.15) is 94.2 Å². The molecule has 38 heavy (non-hydrogen) atoms. The highest BCUT2D eigenvalue weighted by atomic mass is 16.5. The highest BCUT2D eigenvalue weighted by Crippen LogP contribution is 2.23. The molecule has 0 aromatic heterocycles. The van der Waals surface area contributed by atoms with Crippen LogP contribution in [0, 0.1) is 10.8 Å². The molecule has 0 radical (unpaired) electrons. The van der Waals surface area contributed by atoms with Crippen molar-refractivity contribution in [3.63, 3.8) is 0 Å². The Hall–Kier alpha value is -3.02. The maximum absolute atomic E-state index is 11.8. The summed E-state index contributed by atoms with van der Waals surface area (Å²) in [6, 6.07) is 15.9. The van der Waals surface area contributed by atoms with Crippen LogP contribution in [0.25, 0.3) is 0 Å². The maximum atomic E-state index is 11.8. The summed E-state index contributed by atoms with van der Waals surface area (Å²) < 4.78 is 10.6. The number of carbonyl (C=O) groups excluding carboxylic acids is 2. The molecule has 0 saturated heterocycles. The normalized spacial score (nSPS) is 12.1. The van der Waals surface area contributed by atoms with Gasteiger partial charge in [0.2, 0.25) is 0 Å². The lowest BCUT2D eigenvalue weighted by atomic mass is 9.97. The lowest BCUT2D eigenvalue weighted by Crippen LogP contribution is -2.27. The first-order chi connectivity index (χ1) is 17.2. The van der Waals surface area contributed by atoms with Crippen LogP contribution in [0.2, 0.25) is 0 Å². The molecule has 0 unspecified atom stereocenters. The minimum Gasteiger partial charge on any atom is -0.460 e. The molecule has 0 heterocycles. The van der Waals surface area contributed by atoms with Gasteiger partial charge in [-0.05, 0) is 107 Å². The average molecular weight is 527 g/mol. The molecule has 2 aromatic rings. The third-order valence-corrected chi connectivity index (χ3v) is 4.95. The van der Waals surface area contributed by atoms with Gasteiger partial charge < -0.3 is 20.1 Å². The van der Waals surface area contributed by atoms with Crippen LogP contribution in [-0.4, -0.2) is 23.0 Å². The van der Waals surface area contributed by atoms with E-state index in [-0.39, 0.29) is 23.0 Å². The Morgan fingerprint density at radius 1 is 0.605 bits per heavy atom. The van der Waals surface area contributed by atoms with Gasteiger partial charge >= 0.3 is 11.9 Å². The number of rotatable bonds is 6. The number of nitrogens with one attached hydrogen (secondary N) is 2. The van der Waals surface area contributed by atoms with Crippen LogP contribution in [0.15, 0.2) is 48.5 Å². The standard InChI is InChI=1S/2C16H25NO2/c1-15(2,3)14(18)19-11-12-7-9-13(10-8-12)17-16(4,5)6;1-15(2,3)14(18)19-11-12-9-7-8-10-13(12)17-16(4,5)6/h2*7-10,17H,11H2,1-6H3. The van der Waals surface area contributed by atoms with Crippen LogP contribution in [0.5, 0.6) is 0 Å². The summed E-state index contributed by atoms with van der Waals surface area (Å²) in [7, 11) is 0. The molecule has 0 aliphatic carbocycles. The Bertz CT molecular complexity index is 1030. The number of hydrogen-bond donors (Lipinski definition) is 2. The molecule has 0 bridgehead atoms. The summed E-state index contributed by atoms with van der Waals surface area (Å²) in [5, 5.41) is 6.81. The van der Waals surface area contributed by atoms with Crippen molar-refractivity contribution in [2.75, 3.05) is 10.6 Å². The molecule has 0 atom stereocenters. The number of ether oxygens (including phenoxy) is 2. The van der Waals surface area contributed by atoms with Crippen molar-refractivity contribution in [3.05, 3.63) is 59.7 Å². The fourth-order valence-electron chi connectivity index (χ4n) is 3.01. The molecule has 2 rings (SSSR count). The number of benzene rings is 2. The van der Waals surface area contributed by atoms with Crippen molar-refractivity contribution >= 4 is 23.3 Å². The van der Waals surface area contributed by atoms with Gasteiger partial charge in [-0.3, -0.25) is 9.59 Å². The van der Waals surface area contributed by atoms with Crippen LogP contribution in [0.4, 0.5) is 11.4 Å². The van der Waals surface area contributed by atoms with E-state index < -0.39 is 10.8 Å². The van der Waals surface area contributed by atoms with E-state index in [2.05, 4.69) is 52.2 Å². The van der Waals surface area contributed by atoms with Crippen LogP contribution in [0.3, 0.4) is 0 Å². The third-order valence-electron chi connectivity index (χ3n) is 4.95. The van der Waals surface area contributed by atoms with Gasteiger partial charge in [0.25, 0.3) is 0 Å². The van der Waals surface area contributed by atoms with Crippen molar-refractivity contribution in [2.24, 2.45) is 10.8 Å². The predicted molar refractivity (Wildman–Crippen MR) is 158 cm³/mol. The molecule has 0 aliphatic rings. The highest BCUT2D eigenvalue weighted by Gasteiger charge is 2.24. The summed E-state index contributed by atoms with van der Waals surface area (Å²) in [6.07, 6.45) is 0. The molecule has 0 saturated carbocycles. The Kier molecular flexibility index (Phi) is 11.4. The van der Waals surface area contributed by atoms with Gasteiger partial charge in [-0.2, -0.15) is 0 Å². The zero-order valence-corrected chi connectivity index (χ0v) is 25.7. The van der Waals surface area contributed by atoms with Crippen molar-refractivity contribution < 1.29 is 19.1 Å². The first-order valence-corrected chi connectivity index (χ1v) is 13.2. The molecule has 2 aromatic carbocycles. The number of anilines is 2. The van der Waals surface area contributed by atoms with E-state index in [0.29, 0.717) is 13.2 Å². The van der Waals surface area contributed by atoms with E-state index in [4.69, 9.17) is 9.47 Å². The predicted octanol–water partition coefficient (Wildman–Crippen LogP) is 7.97. The molecular weight excluding hydrogens is 476 g/mol. The molecule has 0 fully saturated rings. The molecule has 212 valence electrons. The summed E-state index contributed by atoms with van der Waals surface area (Å²) in [6.45, 7) is 24.4. The Morgan fingerprint density at radius 3 is 1.50 bits per heavy atom. The van der Waals surface area contributed by atoms with E-state index in [1.54, 1.807) is 0 Å². The number of hydrogen-bond acceptors (Lipinski definition) is 6. The summed E-state index contributed by atoms with van der Waals surface area (Å²) in [5.41, 5.74) is 3.17. The fourth-order valence-corrected chi connectivity index (χ4v) is 3.01. The molecule has 2 N–H and O–H groups in total. The number of esters is 2. The maximum Gasteiger partial charge on any atom is 0.311 e. The first kappa shape index (κ1) is 33.0. The summed E-state index contributed by atoms with van der Waals surface area (Å²) >= 11 is 0. The number of carbonyl (C=O) groups is 2. The van der Waals surface area contributed by atoms with Gasteiger partial charge in [0.15, 0.2) is 0 Å². The average Bonchev–Trinajstić information content (AvgIpc) is 2.74. The third kappa shape index (κ3) is 13.5. The molecule has 0 aliphatic heterocycles. The van der Waals surface area contributed by atoms with E-state index in [1.807, 2.05) is 90.1 Å². The van der Waals surface area contributed by atoms with E-state index in [0.717, 1.165) is 22.5 Å². The van der Waals surface area contributed by atoms with E-state index in [1.165, 1.54) is 0 Å². The largest absolute Gasteiger partial charge is 0.460 e. The van der Waals surface area contributed by atoms with Gasteiger partial charge in [0.05, 0.1) is 10.8 Å². The second-order valence-electron chi connectivity index (χ2n) is 13.8. The van der Waals surface area contributed by atoms with Gasteiger partial charge in [-0.1, -0.05) is 30.3 Å². The Balaban J connectivity index is 0.000000380. The minimum atomic E-state index is -0.466. The van der Waals surface area contributed by atoms with Gasteiger partial charge in [-0.25, -0.2) is 0 Å². The Morgan fingerprint density at radius 2 is 1.05 bits per heavy atom. The Labute approximate surface area is 230 Å². The number of para-hydroxylation sites is 1. The molecule has 0 amide bonds. The van der Waals surface area contributed by atoms with Crippen LogP contribution in [-0.2, 0) is 32.3 Å². The molecule has 6 heteroatoms. The lowest BCUT2D eigenvalue weighted by Gasteiger charge is -2.24. The van der Waals surface area contributed by atoms with Crippen molar-refractivity contribution in [2.45, 2.75) is 107 Å². The van der Waals surface area contributed by atoms with Crippen molar-refractivity contribution in [1.82, 2.24) is 0 Å². The van der Waals surface area contributed by atoms with Crippen molar-refractivity contribution in [1.29, 1.82) is 0 Å². The minimum absolute atomic E-state index is 0.0237. The molecule has 6 nitrogen and oxygen atoms in total. The second-order valence-corrected chi connectivity index (χ2v) is 13.8. The quantitative estimate of drug-likeness (QED) is 0.372. The summed E-state index contributed by atoms with van der Waals surface area (Å²) in [5.74, 6) is -0.359. The highest BCUT2D eigenvalue weighted by molar-refractivity contribution is 5.75. The summed E-state index contributed by atoms with van der Waals surface area (Å²) in [4.78, 5) is 23.4. The van der Waals surface area contributed by atoms with Crippen molar-refractivity contribution in [3.8, 4) is 0 Å². The fraction of sp³-hybridized carbons (Fsp3) is 0.562. The SMILES string of the molecule is CC(C)(C)Nc1ccc(COC(=O)C(C)(C)C)cc1.CC(C)(C)Nc1ccccc1COC(=O)C(C)(C)C. The van der Waals surface area contributed by atoms with Gasteiger partial charge in [0.1, 0.15) is 13.2 Å².